The standard InChI is InChI=1S/C12H12F2N2O5/c1-3-9(12(18)19)15(2)11(17)6-4-7(13)8(14)5-10(6)16(20)21/h4-5,9H,3H2,1-2H3,(H,18,19). The molecule has 0 bridgehead atoms. The molecule has 0 aromatic heterocycles. The van der Waals surface area contributed by atoms with Crippen molar-refractivity contribution in [2.24, 2.45) is 0 Å². The van der Waals surface area contributed by atoms with Gasteiger partial charge in [0.1, 0.15) is 11.6 Å². The average molecular weight is 302 g/mol. The van der Waals surface area contributed by atoms with Gasteiger partial charge in [0.25, 0.3) is 11.6 Å². The number of carboxylic acid groups (broad SMARTS) is 1. The Morgan fingerprint density at radius 3 is 2.33 bits per heavy atom. The number of carboxylic acids is 1. The quantitative estimate of drug-likeness (QED) is 0.660. The van der Waals surface area contributed by atoms with Crippen LogP contribution in [0.5, 0.6) is 0 Å². The summed E-state index contributed by atoms with van der Waals surface area (Å²) in [5.41, 5.74) is -1.63. The highest BCUT2D eigenvalue weighted by Gasteiger charge is 2.31. The number of nitro benzene ring substituents is 1. The molecular formula is C12H12F2N2O5. The highest BCUT2D eigenvalue weighted by Crippen LogP contribution is 2.24. The van der Waals surface area contributed by atoms with Crippen LogP contribution in [0.25, 0.3) is 0 Å². The first-order valence-corrected chi connectivity index (χ1v) is 5.84. The van der Waals surface area contributed by atoms with Crippen molar-refractivity contribution < 1.29 is 28.4 Å². The normalized spacial score (nSPS) is 11.8. The highest BCUT2D eigenvalue weighted by molar-refractivity contribution is 5.99. The smallest absolute Gasteiger partial charge is 0.326 e. The fourth-order valence-corrected chi connectivity index (χ4v) is 1.80. The molecule has 0 aliphatic heterocycles. The van der Waals surface area contributed by atoms with Gasteiger partial charge in [0.05, 0.1) is 11.0 Å². The third-order valence-electron chi connectivity index (χ3n) is 2.93. The number of rotatable bonds is 5. The van der Waals surface area contributed by atoms with Crippen LogP contribution in [-0.4, -0.2) is 39.9 Å². The molecule has 0 aliphatic carbocycles. The maximum absolute atomic E-state index is 13.2. The molecule has 0 heterocycles. The molecule has 0 spiro atoms. The summed E-state index contributed by atoms with van der Waals surface area (Å²) < 4.78 is 26.2. The molecule has 7 nitrogen and oxygen atoms in total. The molecule has 1 N–H and O–H groups in total. The number of amides is 1. The predicted molar refractivity (Wildman–Crippen MR) is 66.8 cm³/mol. The molecule has 1 amide bonds. The van der Waals surface area contributed by atoms with E-state index in [1.54, 1.807) is 0 Å². The topological polar surface area (TPSA) is 101 Å². The molecule has 0 radical (unpaired) electrons. The first kappa shape index (κ1) is 16.5. The number of carbonyl (C=O) groups excluding carboxylic acids is 1. The number of nitrogens with zero attached hydrogens (tertiary/aromatic N) is 2. The monoisotopic (exact) mass is 302 g/mol. The van der Waals surface area contributed by atoms with Crippen molar-refractivity contribution in [1.82, 2.24) is 4.90 Å². The molecule has 1 unspecified atom stereocenters. The van der Waals surface area contributed by atoms with Gasteiger partial charge in [-0.3, -0.25) is 14.9 Å². The number of likely N-dealkylation sites (N-methyl/N-ethyl adjacent to an activating group) is 1. The largest absolute Gasteiger partial charge is 0.480 e. The lowest BCUT2D eigenvalue weighted by Gasteiger charge is -2.23. The summed E-state index contributed by atoms with van der Waals surface area (Å²) in [4.78, 5) is 33.6. The Morgan fingerprint density at radius 1 is 1.38 bits per heavy atom. The Bertz CT molecular complexity index is 606. The van der Waals surface area contributed by atoms with Gasteiger partial charge >= 0.3 is 5.97 Å². The fourth-order valence-electron chi connectivity index (χ4n) is 1.80. The van der Waals surface area contributed by atoms with E-state index in [1.807, 2.05) is 0 Å². The summed E-state index contributed by atoms with van der Waals surface area (Å²) in [7, 11) is 1.12. The molecule has 0 saturated carbocycles. The zero-order chi connectivity index (χ0) is 16.3. The van der Waals surface area contributed by atoms with Crippen LogP contribution < -0.4 is 0 Å². The van der Waals surface area contributed by atoms with E-state index in [-0.39, 0.29) is 12.5 Å². The highest BCUT2D eigenvalue weighted by atomic mass is 19.2. The van der Waals surface area contributed by atoms with Gasteiger partial charge in [-0.15, -0.1) is 0 Å². The Labute approximate surface area is 117 Å². The summed E-state index contributed by atoms with van der Waals surface area (Å²) in [6.45, 7) is 1.50. The second-order valence-corrected chi connectivity index (χ2v) is 4.22. The summed E-state index contributed by atoms with van der Waals surface area (Å²) in [6.07, 6.45) is 0.0506. The third-order valence-corrected chi connectivity index (χ3v) is 2.93. The first-order chi connectivity index (χ1) is 9.70. The van der Waals surface area contributed by atoms with Crippen LogP contribution in [0.1, 0.15) is 23.7 Å². The Balaban J connectivity index is 3.32. The lowest BCUT2D eigenvalue weighted by Crippen LogP contribution is -2.42. The van der Waals surface area contributed by atoms with E-state index in [9.17, 15) is 28.5 Å². The number of hydrogen-bond donors (Lipinski definition) is 1. The van der Waals surface area contributed by atoms with Gasteiger partial charge < -0.3 is 10.0 Å². The van der Waals surface area contributed by atoms with Gasteiger partial charge in [-0.05, 0) is 12.5 Å². The molecule has 0 aliphatic rings. The van der Waals surface area contributed by atoms with E-state index >= 15 is 0 Å². The minimum atomic E-state index is -1.47. The molecule has 1 rings (SSSR count). The average Bonchev–Trinajstić information content (AvgIpc) is 2.40. The van der Waals surface area contributed by atoms with Crippen molar-refractivity contribution in [1.29, 1.82) is 0 Å². The first-order valence-electron chi connectivity index (χ1n) is 5.84. The van der Waals surface area contributed by atoms with E-state index in [0.29, 0.717) is 6.07 Å². The molecule has 0 saturated heterocycles. The summed E-state index contributed by atoms with van der Waals surface area (Å²) in [5, 5.41) is 19.8. The number of nitro groups is 1. The van der Waals surface area contributed by atoms with Crippen molar-refractivity contribution in [3.8, 4) is 0 Å². The molecule has 1 aromatic carbocycles. The summed E-state index contributed by atoms with van der Waals surface area (Å²) >= 11 is 0. The zero-order valence-electron chi connectivity index (χ0n) is 11.2. The lowest BCUT2D eigenvalue weighted by molar-refractivity contribution is -0.385. The van der Waals surface area contributed by atoms with Gasteiger partial charge in [0.15, 0.2) is 11.6 Å². The SMILES string of the molecule is CCC(C(=O)O)N(C)C(=O)c1cc(F)c(F)cc1[N+](=O)[O-]. The second kappa shape index (κ2) is 6.25. The third kappa shape index (κ3) is 3.30. The van der Waals surface area contributed by atoms with Crippen molar-refractivity contribution in [3.63, 3.8) is 0 Å². The van der Waals surface area contributed by atoms with E-state index in [4.69, 9.17) is 5.11 Å². The maximum atomic E-state index is 13.2. The van der Waals surface area contributed by atoms with Crippen LogP contribution in [0.3, 0.4) is 0 Å². The number of halogens is 2. The number of hydrogen-bond acceptors (Lipinski definition) is 4. The van der Waals surface area contributed by atoms with E-state index < -0.39 is 45.7 Å². The second-order valence-electron chi connectivity index (χ2n) is 4.22. The van der Waals surface area contributed by atoms with Crippen LogP contribution in [0, 0.1) is 21.7 Å². The van der Waals surface area contributed by atoms with Gasteiger partial charge in [-0.1, -0.05) is 6.92 Å². The number of aliphatic carboxylic acids is 1. The summed E-state index contributed by atoms with van der Waals surface area (Å²) in [5.74, 6) is -5.28. The van der Waals surface area contributed by atoms with Crippen molar-refractivity contribution in [2.75, 3.05) is 7.05 Å². The van der Waals surface area contributed by atoms with Gasteiger partial charge in [0.2, 0.25) is 0 Å². The van der Waals surface area contributed by atoms with Crippen LogP contribution >= 0.6 is 0 Å². The van der Waals surface area contributed by atoms with E-state index in [2.05, 4.69) is 0 Å². The Morgan fingerprint density at radius 2 is 1.90 bits per heavy atom. The minimum absolute atomic E-state index is 0.0506. The lowest BCUT2D eigenvalue weighted by atomic mass is 10.1. The van der Waals surface area contributed by atoms with Crippen LogP contribution in [0.15, 0.2) is 12.1 Å². The zero-order valence-corrected chi connectivity index (χ0v) is 11.2. The fraction of sp³-hybridized carbons (Fsp3) is 0.333. The molecule has 9 heteroatoms. The maximum Gasteiger partial charge on any atom is 0.326 e. The van der Waals surface area contributed by atoms with Crippen molar-refractivity contribution >= 4 is 17.6 Å². The van der Waals surface area contributed by atoms with Gasteiger partial charge in [-0.25, -0.2) is 13.6 Å². The number of benzene rings is 1. The molecule has 0 fully saturated rings. The molecule has 1 aromatic rings. The number of carbonyl (C=O) groups is 2. The minimum Gasteiger partial charge on any atom is -0.480 e. The van der Waals surface area contributed by atoms with E-state index in [1.165, 1.54) is 6.92 Å². The molecule has 1 atom stereocenters. The van der Waals surface area contributed by atoms with E-state index in [0.717, 1.165) is 11.9 Å². The van der Waals surface area contributed by atoms with Crippen LogP contribution in [0.2, 0.25) is 0 Å². The van der Waals surface area contributed by atoms with Crippen molar-refractivity contribution in [2.45, 2.75) is 19.4 Å². The summed E-state index contributed by atoms with van der Waals surface area (Å²) in [6, 6.07) is -0.552. The molecule has 21 heavy (non-hydrogen) atoms. The van der Waals surface area contributed by atoms with Crippen molar-refractivity contribution in [3.05, 3.63) is 39.4 Å². The van der Waals surface area contributed by atoms with Gasteiger partial charge in [0, 0.05) is 7.05 Å². The molecule has 114 valence electrons. The van der Waals surface area contributed by atoms with Crippen LogP contribution in [0.4, 0.5) is 14.5 Å². The molecular weight excluding hydrogens is 290 g/mol. The van der Waals surface area contributed by atoms with Crippen LogP contribution in [-0.2, 0) is 4.79 Å². The predicted octanol–water partition coefficient (Wildman–Crippen LogP) is 1.81. The van der Waals surface area contributed by atoms with Gasteiger partial charge in [-0.2, -0.15) is 0 Å². The Hall–Kier alpha value is -2.58. The Kier molecular flexibility index (Phi) is 4.90.